The Hall–Kier alpha value is -1.91. The summed E-state index contributed by atoms with van der Waals surface area (Å²) in [5, 5.41) is 20.2. The van der Waals surface area contributed by atoms with E-state index >= 15 is 0 Å². The molecule has 5 nitrogen and oxygen atoms in total. The highest BCUT2D eigenvalue weighted by molar-refractivity contribution is 5.76. The topological polar surface area (TPSA) is 80.4 Å². The van der Waals surface area contributed by atoms with Gasteiger partial charge in [0, 0.05) is 12.1 Å². The van der Waals surface area contributed by atoms with Gasteiger partial charge in [0.1, 0.15) is 0 Å². The fourth-order valence-electron chi connectivity index (χ4n) is 3.80. The van der Waals surface area contributed by atoms with Gasteiger partial charge in [-0.25, -0.2) is 0 Å². The number of aliphatic carboxylic acids is 1. The molecule has 0 saturated carbocycles. The number of carboxylic acid groups (broad SMARTS) is 1. The SMILES string of the molecule is CCCCCCCCCCCCCCCCC(C(=O)O)c1ccc([N+](=O)[O-])cc1. The monoisotopic (exact) mass is 405 g/mol. The largest absolute Gasteiger partial charge is 0.481 e. The Kier molecular flexibility index (Phi) is 13.8. The van der Waals surface area contributed by atoms with Gasteiger partial charge < -0.3 is 5.11 Å². The second kappa shape index (κ2) is 15.9. The molecule has 0 radical (unpaired) electrons. The molecule has 1 aromatic carbocycles. The van der Waals surface area contributed by atoms with Crippen LogP contribution in [0.3, 0.4) is 0 Å². The number of rotatable bonds is 18. The third-order valence-corrected chi connectivity index (χ3v) is 5.65. The minimum Gasteiger partial charge on any atom is -0.481 e. The first-order valence-corrected chi connectivity index (χ1v) is 11.5. The molecule has 0 amide bonds. The predicted molar refractivity (Wildman–Crippen MR) is 118 cm³/mol. The van der Waals surface area contributed by atoms with Crippen LogP contribution < -0.4 is 0 Å². The second-order valence-corrected chi connectivity index (χ2v) is 8.12. The molecule has 0 saturated heterocycles. The van der Waals surface area contributed by atoms with E-state index in [0.717, 1.165) is 19.3 Å². The molecule has 29 heavy (non-hydrogen) atoms. The standard InChI is InChI=1S/C24H39NO4/c1-2-3-4-5-6-7-8-9-10-11-12-13-14-15-16-23(24(26)27)21-17-19-22(20-18-21)25(28)29/h17-20,23H,2-16H2,1H3,(H,26,27). The number of unbranched alkanes of at least 4 members (excludes halogenated alkanes) is 13. The average molecular weight is 406 g/mol. The van der Waals surface area contributed by atoms with Gasteiger partial charge in [0.25, 0.3) is 5.69 Å². The van der Waals surface area contributed by atoms with E-state index in [-0.39, 0.29) is 5.69 Å². The lowest BCUT2D eigenvalue weighted by Crippen LogP contribution is -2.11. The molecule has 0 fully saturated rings. The van der Waals surface area contributed by atoms with E-state index in [4.69, 9.17) is 0 Å². The van der Waals surface area contributed by atoms with Crippen molar-refractivity contribution < 1.29 is 14.8 Å². The fourth-order valence-corrected chi connectivity index (χ4v) is 3.80. The molecule has 0 aliphatic carbocycles. The van der Waals surface area contributed by atoms with E-state index in [9.17, 15) is 20.0 Å². The van der Waals surface area contributed by atoms with E-state index in [1.54, 1.807) is 12.1 Å². The third-order valence-electron chi connectivity index (χ3n) is 5.65. The van der Waals surface area contributed by atoms with Crippen molar-refractivity contribution in [2.75, 3.05) is 0 Å². The Morgan fingerprint density at radius 2 is 1.24 bits per heavy atom. The number of nitro benzene ring substituents is 1. The predicted octanol–water partition coefficient (Wildman–Crippen LogP) is 7.63. The van der Waals surface area contributed by atoms with Gasteiger partial charge >= 0.3 is 5.97 Å². The molecule has 0 spiro atoms. The third kappa shape index (κ3) is 11.6. The molecule has 1 aromatic rings. The molecule has 1 rings (SSSR count). The van der Waals surface area contributed by atoms with Crippen LogP contribution in [0.2, 0.25) is 0 Å². The van der Waals surface area contributed by atoms with Gasteiger partial charge in [-0.1, -0.05) is 109 Å². The molecule has 0 aliphatic rings. The lowest BCUT2D eigenvalue weighted by Gasteiger charge is -2.12. The summed E-state index contributed by atoms with van der Waals surface area (Å²) in [5.41, 5.74) is 0.646. The molecule has 0 aliphatic heterocycles. The number of non-ortho nitro benzene ring substituents is 1. The summed E-state index contributed by atoms with van der Waals surface area (Å²) in [6.07, 6.45) is 18.4. The van der Waals surface area contributed by atoms with Crippen molar-refractivity contribution in [1.82, 2.24) is 0 Å². The van der Waals surface area contributed by atoms with Gasteiger partial charge in [0.05, 0.1) is 10.8 Å². The maximum absolute atomic E-state index is 11.5. The van der Waals surface area contributed by atoms with Crippen LogP contribution in [0, 0.1) is 10.1 Å². The van der Waals surface area contributed by atoms with Crippen molar-refractivity contribution in [2.24, 2.45) is 0 Å². The van der Waals surface area contributed by atoms with Crippen molar-refractivity contribution in [3.8, 4) is 0 Å². The Labute approximate surface area is 176 Å². The molecule has 1 atom stereocenters. The molecule has 1 N–H and O–H groups in total. The lowest BCUT2D eigenvalue weighted by molar-refractivity contribution is -0.384. The molecule has 0 aromatic heterocycles. The van der Waals surface area contributed by atoms with E-state index in [1.165, 1.54) is 82.8 Å². The Balaban J connectivity index is 2.07. The maximum Gasteiger partial charge on any atom is 0.310 e. The van der Waals surface area contributed by atoms with Gasteiger partial charge in [-0.05, 0) is 12.0 Å². The van der Waals surface area contributed by atoms with Gasteiger partial charge in [-0.15, -0.1) is 0 Å². The van der Waals surface area contributed by atoms with Crippen LogP contribution in [0.1, 0.15) is 115 Å². The fraction of sp³-hybridized carbons (Fsp3) is 0.708. The van der Waals surface area contributed by atoms with Crippen LogP contribution in [0.15, 0.2) is 24.3 Å². The number of benzene rings is 1. The van der Waals surface area contributed by atoms with Gasteiger partial charge in [-0.2, -0.15) is 0 Å². The maximum atomic E-state index is 11.5. The Morgan fingerprint density at radius 3 is 1.62 bits per heavy atom. The molecule has 164 valence electrons. The summed E-state index contributed by atoms with van der Waals surface area (Å²) in [5.74, 6) is -1.43. The Morgan fingerprint density at radius 1 is 0.828 bits per heavy atom. The normalized spacial score (nSPS) is 12.0. The van der Waals surface area contributed by atoms with Gasteiger partial charge in [0.15, 0.2) is 0 Å². The van der Waals surface area contributed by atoms with Crippen LogP contribution in [0.5, 0.6) is 0 Å². The highest BCUT2D eigenvalue weighted by Crippen LogP contribution is 2.25. The quantitative estimate of drug-likeness (QED) is 0.155. The summed E-state index contributed by atoms with van der Waals surface area (Å²) in [7, 11) is 0. The molecule has 0 bridgehead atoms. The molecule has 1 unspecified atom stereocenters. The summed E-state index contributed by atoms with van der Waals surface area (Å²) in [6.45, 7) is 2.25. The zero-order valence-electron chi connectivity index (χ0n) is 18.1. The number of nitro groups is 1. The number of carboxylic acids is 1. The van der Waals surface area contributed by atoms with E-state index < -0.39 is 16.8 Å². The van der Waals surface area contributed by atoms with E-state index in [1.807, 2.05) is 0 Å². The molecular weight excluding hydrogens is 366 g/mol. The summed E-state index contributed by atoms with van der Waals surface area (Å²) in [6, 6.07) is 5.91. The first kappa shape index (κ1) is 25.1. The van der Waals surface area contributed by atoms with E-state index in [0.29, 0.717) is 12.0 Å². The minimum absolute atomic E-state index is 0.00520. The lowest BCUT2D eigenvalue weighted by atomic mass is 9.92. The summed E-state index contributed by atoms with van der Waals surface area (Å²) >= 11 is 0. The van der Waals surface area contributed by atoms with Crippen molar-refractivity contribution in [3.05, 3.63) is 39.9 Å². The molecular formula is C24H39NO4. The van der Waals surface area contributed by atoms with Crippen molar-refractivity contribution in [1.29, 1.82) is 0 Å². The zero-order valence-corrected chi connectivity index (χ0v) is 18.1. The summed E-state index contributed by atoms with van der Waals surface area (Å²) < 4.78 is 0. The van der Waals surface area contributed by atoms with Crippen LogP contribution in [0.25, 0.3) is 0 Å². The van der Waals surface area contributed by atoms with Crippen molar-refractivity contribution >= 4 is 11.7 Å². The first-order valence-electron chi connectivity index (χ1n) is 11.5. The number of nitrogens with zero attached hydrogens (tertiary/aromatic N) is 1. The van der Waals surface area contributed by atoms with Crippen LogP contribution in [-0.2, 0) is 4.79 Å². The van der Waals surface area contributed by atoms with Crippen LogP contribution in [0.4, 0.5) is 5.69 Å². The number of hydrogen-bond acceptors (Lipinski definition) is 3. The Bertz CT molecular complexity index is 571. The van der Waals surface area contributed by atoms with E-state index in [2.05, 4.69) is 6.92 Å². The molecule has 0 heterocycles. The van der Waals surface area contributed by atoms with Gasteiger partial charge in [-0.3, -0.25) is 14.9 Å². The van der Waals surface area contributed by atoms with Crippen LogP contribution in [-0.4, -0.2) is 16.0 Å². The number of carbonyl (C=O) groups is 1. The summed E-state index contributed by atoms with van der Waals surface area (Å²) in [4.78, 5) is 21.8. The number of hydrogen-bond donors (Lipinski definition) is 1. The zero-order chi connectivity index (χ0) is 21.3. The minimum atomic E-state index is -0.853. The highest BCUT2D eigenvalue weighted by Gasteiger charge is 2.20. The molecule has 5 heteroatoms. The van der Waals surface area contributed by atoms with Crippen molar-refractivity contribution in [3.63, 3.8) is 0 Å². The first-order chi connectivity index (χ1) is 14.1. The second-order valence-electron chi connectivity index (χ2n) is 8.12. The average Bonchev–Trinajstić information content (AvgIpc) is 2.71. The van der Waals surface area contributed by atoms with Crippen LogP contribution >= 0.6 is 0 Å². The smallest absolute Gasteiger partial charge is 0.310 e. The highest BCUT2D eigenvalue weighted by atomic mass is 16.6. The van der Waals surface area contributed by atoms with Crippen molar-refractivity contribution in [2.45, 2.75) is 109 Å². The van der Waals surface area contributed by atoms with Gasteiger partial charge in [0.2, 0.25) is 0 Å².